The van der Waals surface area contributed by atoms with Gasteiger partial charge in [-0.1, -0.05) is 49.4 Å². The highest BCUT2D eigenvalue weighted by Crippen LogP contribution is 2.32. The minimum Gasteiger partial charge on any atom is -0.395 e. The quantitative estimate of drug-likeness (QED) is 0.689. The van der Waals surface area contributed by atoms with Gasteiger partial charge >= 0.3 is 6.03 Å². The van der Waals surface area contributed by atoms with Crippen molar-refractivity contribution in [3.05, 3.63) is 65.7 Å². The number of hydrogen-bond donors (Lipinski definition) is 2. The summed E-state index contributed by atoms with van der Waals surface area (Å²) in [6.07, 6.45) is 1.71. The highest BCUT2D eigenvalue weighted by Gasteiger charge is 2.36. The molecule has 0 aliphatic carbocycles. The van der Waals surface area contributed by atoms with Gasteiger partial charge in [0, 0.05) is 57.4 Å². The van der Waals surface area contributed by atoms with E-state index in [-0.39, 0.29) is 30.4 Å². The van der Waals surface area contributed by atoms with E-state index in [1.807, 2.05) is 40.1 Å². The Balaban J connectivity index is 1.49. The Morgan fingerprint density at radius 2 is 1.65 bits per heavy atom. The van der Waals surface area contributed by atoms with Crippen molar-refractivity contribution in [1.82, 2.24) is 14.7 Å². The van der Waals surface area contributed by atoms with Crippen LogP contribution in [-0.4, -0.2) is 84.2 Å². The van der Waals surface area contributed by atoms with E-state index in [2.05, 4.69) is 41.4 Å². The molecule has 2 aliphatic rings. The zero-order valence-electron chi connectivity index (χ0n) is 20.0. The van der Waals surface area contributed by atoms with E-state index in [1.165, 1.54) is 11.1 Å². The van der Waals surface area contributed by atoms with Crippen molar-refractivity contribution in [3.8, 4) is 0 Å². The number of β-amino-alcohol motifs (C(OH)–C–C–N with tert-alkyl or cyclic N) is 1. The summed E-state index contributed by atoms with van der Waals surface area (Å²) in [6.45, 7) is 6.78. The van der Waals surface area contributed by atoms with Gasteiger partial charge in [0.1, 0.15) is 0 Å². The molecule has 0 saturated carbocycles. The molecule has 2 heterocycles. The second-order valence-corrected chi connectivity index (χ2v) is 9.32. The maximum absolute atomic E-state index is 13.5. The summed E-state index contributed by atoms with van der Waals surface area (Å²) in [5, 5.41) is 12.2. The molecule has 4 rings (SSSR count). The lowest BCUT2D eigenvalue weighted by molar-refractivity contribution is -0.121. The zero-order chi connectivity index (χ0) is 23.9. The average Bonchev–Trinajstić information content (AvgIpc) is 2.89. The predicted molar refractivity (Wildman–Crippen MR) is 134 cm³/mol. The largest absolute Gasteiger partial charge is 0.395 e. The molecule has 182 valence electrons. The lowest BCUT2D eigenvalue weighted by atomic mass is 9.83. The number of likely N-dealkylation sites (tertiary alicyclic amines) is 1. The SMILES string of the molecule is CCc1ccc(C2CC(C(=O)Nc3ccccc3)CN(C(=O)N3CCN(CCO)CC3)C2)cc1. The van der Waals surface area contributed by atoms with Gasteiger partial charge in [0.15, 0.2) is 0 Å². The van der Waals surface area contributed by atoms with Crippen molar-refractivity contribution >= 4 is 17.6 Å². The van der Waals surface area contributed by atoms with E-state index >= 15 is 0 Å². The standard InChI is InChI=1S/C27H36N4O3/c1-2-21-8-10-22(11-9-21)23-18-24(26(33)28-25-6-4-3-5-7-25)20-31(19-23)27(34)30-14-12-29(13-15-30)16-17-32/h3-11,23-24,32H,2,12-20H2,1H3,(H,28,33). The van der Waals surface area contributed by atoms with Crippen LogP contribution >= 0.6 is 0 Å². The van der Waals surface area contributed by atoms with Crippen molar-refractivity contribution in [2.24, 2.45) is 5.92 Å². The topological polar surface area (TPSA) is 76.1 Å². The summed E-state index contributed by atoms with van der Waals surface area (Å²) in [4.78, 5) is 32.6. The van der Waals surface area contributed by atoms with E-state index in [1.54, 1.807) is 0 Å². The van der Waals surface area contributed by atoms with Gasteiger partial charge in [-0.05, 0) is 36.1 Å². The number of nitrogens with one attached hydrogen (secondary N) is 1. The molecule has 7 heteroatoms. The lowest BCUT2D eigenvalue weighted by Crippen LogP contribution is -2.56. The minimum atomic E-state index is -0.274. The average molecular weight is 465 g/mol. The van der Waals surface area contributed by atoms with Crippen molar-refractivity contribution in [2.45, 2.75) is 25.7 Å². The molecule has 0 radical (unpaired) electrons. The molecule has 2 atom stereocenters. The molecular formula is C27H36N4O3. The highest BCUT2D eigenvalue weighted by atomic mass is 16.3. The van der Waals surface area contributed by atoms with Crippen LogP contribution in [0.1, 0.15) is 30.4 Å². The number of aryl methyl sites for hydroxylation is 1. The molecule has 2 N–H and O–H groups in total. The number of rotatable bonds is 6. The number of carbonyl (C=O) groups is 2. The number of aliphatic hydroxyl groups excluding tert-OH is 1. The zero-order valence-corrected chi connectivity index (χ0v) is 20.0. The summed E-state index contributed by atoms with van der Waals surface area (Å²) in [6, 6.07) is 18.1. The van der Waals surface area contributed by atoms with Gasteiger partial charge in [0.25, 0.3) is 0 Å². The predicted octanol–water partition coefficient (Wildman–Crippen LogP) is 3.02. The van der Waals surface area contributed by atoms with Gasteiger partial charge in [0.05, 0.1) is 12.5 Å². The number of carbonyl (C=O) groups excluding carboxylic acids is 2. The number of anilines is 1. The fraction of sp³-hybridized carbons (Fsp3) is 0.481. The van der Waals surface area contributed by atoms with Gasteiger partial charge in [-0.25, -0.2) is 4.79 Å². The van der Waals surface area contributed by atoms with E-state index in [0.717, 1.165) is 31.6 Å². The van der Waals surface area contributed by atoms with E-state index < -0.39 is 0 Å². The van der Waals surface area contributed by atoms with E-state index in [4.69, 9.17) is 0 Å². The first-order valence-corrected chi connectivity index (χ1v) is 12.4. The number of para-hydroxylation sites is 1. The molecule has 2 fully saturated rings. The molecule has 2 saturated heterocycles. The Morgan fingerprint density at radius 3 is 2.29 bits per heavy atom. The second-order valence-electron chi connectivity index (χ2n) is 9.32. The second kappa shape index (κ2) is 11.5. The third-order valence-corrected chi connectivity index (χ3v) is 7.05. The maximum atomic E-state index is 13.5. The summed E-state index contributed by atoms with van der Waals surface area (Å²) in [5.41, 5.74) is 3.24. The van der Waals surface area contributed by atoms with Crippen LogP contribution in [0.25, 0.3) is 0 Å². The third kappa shape index (κ3) is 5.96. The number of piperazine rings is 1. The van der Waals surface area contributed by atoms with Crippen LogP contribution in [0.15, 0.2) is 54.6 Å². The summed E-state index contributed by atoms with van der Waals surface area (Å²) in [7, 11) is 0. The van der Waals surface area contributed by atoms with Crippen molar-refractivity contribution in [1.29, 1.82) is 0 Å². The van der Waals surface area contributed by atoms with Gasteiger partial charge in [-0.15, -0.1) is 0 Å². The first-order chi connectivity index (χ1) is 16.6. The first-order valence-electron chi connectivity index (χ1n) is 12.4. The smallest absolute Gasteiger partial charge is 0.320 e. The van der Waals surface area contributed by atoms with Crippen LogP contribution in [0.5, 0.6) is 0 Å². The van der Waals surface area contributed by atoms with E-state index in [9.17, 15) is 14.7 Å². The van der Waals surface area contributed by atoms with Crippen molar-refractivity contribution < 1.29 is 14.7 Å². The van der Waals surface area contributed by atoms with Crippen LogP contribution in [0, 0.1) is 5.92 Å². The van der Waals surface area contributed by atoms with Crippen LogP contribution in [0.3, 0.4) is 0 Å². The van der Waals surface area contributed by atoms with E-state index in [0.29, 0.717) is 32.7 Å². The number of nitrogens with zero attached hydrogens (tertiary/aromatic N) is 3. The maximum Gasteiger partial charge on any atom is 0.320 e. The molecular weight excluding hydrogens is 428 g/mol. The minimum absolute atomic E-state index is 0.0102. The molecule has 3 amide bonds. The van der Waals surface area contributed by atoms with Crippen LogP contribution < -0.4 is 5.32 Å². The summed E-state index contributed by atoms with van der Waals surface area (Å²) >= 11 is 0. The van der Waals surface area contributed by atoms with Crippen LogP contribution in [-0.2, 0) is 11.2 Å². The fourth-order valence-corrected chi connectivity index (χ4v) is 4.98. The number of benzene rings is 2. The first kappa shape index (κ1) is 24.2. The summed E-state index contributed by atoms with van der Waals surface area (Å²) in [5.74, 6) is -0.193. The molecule has 34 heavy (non-hydrogen) atoms. The molecule has 7 nitrogen and oxygen atoms in total. The highest BCUT2D eigenvalue weighted by molar-refractivity contribution is 5.93. The monoisotopic (exact) mass is 464 g/mol. The van der Waals surface area contributed by atoms with Gasteiger partial charge in [0.2, 0.25) is 5.91 Å². The Hall–Kier alpha value is -2.90. The Kier molecular flexibility index (Phi) is 8.19. The third-order valence-electron chi connectivity index (χ3n) is 7.05. The van der Waals surface area contributed by atoms with Crippen LogP contribution in [0.2, 0.25) is 0 Å². The number of hydrogen-bond acceptors (Lipinski definition) is 4. The normalized spacial score (nSPS) is 21.4. The van der Waals surface area contributed by atoms with Gasteiger partial charge in [-0.3, -0.25) is 9.69 Å². The fourth-order valence-electron chi connectivity index (χ4n) is 4.98. The number of aliphatic hydroxyl groups is 1. The molecule has 2 unspecified atom stereocenters. The molecule has 2 aromatic carbocycles. The number of urea groups is 1. The molecule has 2 aliphatic heterocycles. The summed E-state index contributed by atoms with van der Waals surface area (Å²) < 4.78 is 0. The molecule has 2 aromatic rings. The number of amides is 3. The Morgan fingerprint density at radius 1 is 0.941 bits per heavy atom. The van der Waals surface area contributed by atoms with Crippen LogP contribution in [0.4, 0.5) is 10.5 Å². The van der Waals surface area contributed by atoms with Gasteiger partial charge in [-0.2, -0.15) is 0 Å². The lowest BCUT2D eigenvalue weighted by Gasteiger charge is -2.42. The Bertz CT molecular complexity index is 942. The van der Waals surface area contributed by atoms with Crippen molar-refractivity contribution in [2.75, 3.05) is 57.7 Å². The molecule has 0 spiro atoms. The number of piperidine rings is 1. The molecule has 0 bridgehead atoms. The van der Waals surface area contributed by atoms with Crippen molar-refractivity contribution in [3.63, 3.8) is 0 Å². The Labute approximate surface area is 202 Å². The van der Waals surface area contributed by atoms with Gasteiger partial charge < -0.3 is 20.2 Å². The molecule has 0 aromatic heterocycles.